The number of nitrogens with one attached hydrogen (secondary N) is 2. The molecule has 0 spiro atoms. The fourth-order valence-electron chi connectivity index (χ4n) is 2.78. The van der Waals surface area contributed by atoms with Crippen LogP contribution in [0.2, 0.25) is 0 Å². The number of nitrogen functional groups attached to an aromatic ring is 1. The van der Waals surface area contributed by atoms with Crippen LogP contribution >= 0.6 is 0 Å². The van der Waals surface area contributed by atoms with E-state index in [1.54, 1.807) is 0 Å². The third-order valence-corrected chi connectivity index (χ3v) is 4.36. The molecule has 1 saturated heterocycles. The van der Waals surface area contributed by atoms with Crippen LogP contribution in [0.1, 0.15) is 38.1 Å². The average Bonchev–Trinajstić information content (AvgIpc) is 2.54. The third kappa shape index (κ3) is 4.04. The van der Waals surface area contributed by atoms with Crippen LogP contribution in [0.5, 0.6) is 0 Å². The molecule has 118 valence electrons. The molecule has 0 unspecified atom stereocenters. The van der Waals surface area contributed by atoms with E-state index in [0.29, 0.717) is 5.82 Å². The van der Waals surface area contributed by atoms with Gasteiger partial charge in [-0.3, -0.25) is 0 Å². The summed E-state index contributed by atoms with van der Waals surface area (Å²) < 4.78 is 0. The minimum absolute atomic E-state index is 0.713. The highest BCUT2D eigenvalue weighted by atomic mass is 15.3. The van der Waals surface area contributed by atoms with E-state index in [0.717, 1.165) is 42.6 Å². The van der Waals surface area contributed by atoms with Gasteiger partial charge >= 0.3 is 0 Å². The van der Waals surface area contributed by atoms with Crippen molar-refractivity contribution in [2.24, 2.45) is 11.8 Å². The van der Waals surface area contributed by atoms with E-state index in [9.17, 15) is 0 Å². The molecule has 6 nitrogen and oxygen atoms in total. The molecule has 0 radical (unpaired) electrons. The maximum Gasteiger partial charge on any atom is 0.148 e. The van der Waals surface area contributed by atoms with Crippen LogP contribution in [0.25, 0.3) is 0 Å². The zero-order valence-electron chi connectivity index (χ0n) is 13.4. The highest BCUT2D eigenvalue weighted by molar-refractivity contribution is 5.56. The Morgan fingerprint density at radius 3 is 2.43 bits per heavy atom. The third-order valence-electron chi connectivity index (χ3n) is 4.36. The maximum absolute atomic E-state index is 5.54. The van der Waals surface area contributed by atoms with E-state index in [4.69, 9.17) is 5.84 Å². The monoisotopic (exact) mass is 292 g/mol. The molecule has 0 saturated carbocycles. The highest BCUT2D eigenvalue weighted by Gasteiger charge is 2.18. The van der Waals surface area contributed by atoms with Gasteiger partial charge in [0, 0.05) is 18.5 Å². The second kappa shape index (κ2) is 7.56. The molecular weight excluding hydrogens is 264 g/mol. The van der Waals surface area contributed by atoms with E-state index in [-0.39, 0.29) is 0 Å². The highest BCUT2D eigenvalue weighted by Crippen LogP contribution is 2.22. The number of nitrogens with zero attached hydrogens (tertiary/aromatic N) is 3. The number of hydrogen-bond donors (Lipinski definition) is 3. The van der Waals surface area contributed by atoms with E-state index >= 15 is 0 Å². The van der Waals surface area contributed by atoms with Gasteiger partial charge in [-0.15, -0.1) is 0 Å². The van der Waals surface area contributed by atoms with Crippen LogP contribution in [0.15, 0.2) is 0 Å². The summed E-state index contributed by atoms with van der Waals surface area (Å²) in [5.41, 5.74) is 3.65. The zero-order chi connectivity index (χ0) is 15.2. The lowest BCUT2D eigenvalue weighted by Crippen LogP contribution is -2.35. The van der Waals surface area contributed by atoms with Gasteiger partial charge in [-0.1, -0.05) is 13.8 Å². The molecule has 2 rings (SSSR count). The molecule has 6 heteroatoms. The van der Waals surface area contributed by atoms with Crippen molar-refractivity contribution in [3.05, 3.63) is 11.4 Å². The van der Waals surface area contributed by atoms with Crippen LogP contribution in [0.4, 0.5) is 11.6 Å². The van der Waals surface area contributed by atoms with Gasteiger partial charge in [0.2, 0.25) is 0 Å². The smallest absolute Gasteiger partial charge is 0.148 e. The van der Waals surface area contributed by atoms with Crippen molar-refractivity contribution in [3.8, 4) is 0 Å². The van der Waals surface area contributed by atoms with Crippen molar-refractivity contribution in [2.75, 3.05) is 36.9 Å². The lowest BCUT2D eigenvalue weighted by molar-refractivity contribution is 0.198. The van der Waals surface area contributed by atoms with Crippen molar-refractivity contribution in [2.45, 2.75) is 40.0 Å². The molecule has 4 N–H and O–H groups in total. The fraction of sp³-hybridized carbons (Fsp3) is 0.733. The van der Waals surface area contributed by atoms with Gasteiger partial charge < -0.3 is 15.6 Å². The molecule has 1 fully saturated rings. The predicted molar refractivity (Wildman–Crippen MR) is 87.3 cm³/mol. The molecule has 0 aromatic carbocycles. The van der Waals surface area contributed by atoms with Crippen molar-refractivity contribution in [3.63, 3.8) is 0 Å². The normalized spacial score (nSPS) is 17.0. The summed E-state index contributed by atoms with van der Waals surface area (Å²) in [6.45, 7) is 10.8. The van der Waals surface area contributed by atoms with Gasteiger partial charge in [0.1, 0.15) is 17.5 Å². The lowest BCUT2D eigenvalue weighted by atomic mass is 9.97. The SMILES string of the molecule is CCc1nc(NN)c(C)c(NCC2CCN(CC)CC2)n1. The number of hydrogen-bond acceptors (Lipinski definition) is 6. The number of piperidine rings is 1. The number of anilines is 2. The number of nitrogens with two attached hydrogens (primary N) is 1. The molecule has 21 heavy (non-hydrogen) atoms. The first-order valence-corrected chi connectivity index (χ1v) is 7.98. The first-order chi connectivity index (χ1) is 10.2. The van der Waals surface area contributed by atoms with Crippen LogP contribution in [-0.4, -0.2) is 41.0 Å². The van der Waals surface area contributed by atoms with E-state index in [1.165, 1.54) is 25.9 Å². The summed E-state index contributed by atoms with van der Waals surface area (Å²) in [6.07, 6.45) is 3.32. The summed E-state index contributed by atoms with van der Waals surface area (Å²) in [5, 5.41) is 3.50. The first kappa shape index (κ1) is 16.0. The Balaban J connectivity index is 1.96. The number of rotatable bonds is 6. The summed E-state index contributed by atoms with van der Waals surface area (Å²) in [6, 6.07) is 0. The van der Waals surface area contributed by atoms with Gasteiger partial charge in [-0.2, -0.15) is 0 Å². The molecule has 1 aromatic heterocycles. The number of hydrazine groups is 1. The van der Waals surface area contributed by atoms with Gasteiger partial charge in [-0.25, -0.2) is 15.8 Å². The Morgan fingerprint density at radius 1 is 1.19 bits per heavy atom. The summed E-state index contributed by atoms with van der Waals surface area (Å²) in [5.74, 6) is 8.70. The Labute approximate surface area is 127 Å². The Morgan fingerprint density at radius 2 is 1.86 bits per heavy atom. The molecule has 1 aliphatic rings. The summed E-state index contributed by atoms with van der Waals surface area (Å²) >= 11 is 0. The molecule has 0 amide bonds. The van der Waals surface area contributed by atoms with Gasteiger partial charge in [0.05, 0.1) is 0 Å². The number of aryl methyl sites for hydroxylation is 1. The van der Waals surface area contributed by atoms with Crippen LogP contribution in [-0.2, 0) is 6.42 Å². The minimum Gasteiger partial charge on any atom is -0.369 e. The van der Waals surface area contributed by atoms with E-state index in [1.807, 2.05) is 6.92 Å². The van der Waals surface area contributed by atoms with Crippen molar-refractivity contribution >= 4 is 11.6 Å². The van der Waals surface area contributed by atoms with Gasteiger partial charge in [0.25, 0.3) is 0 Å². The number of likely N-dealkylation sites (tertiary alicyclic amines) is 1. The standard InChI is InChI=1S/C15H28N6/c1-4-13-18-14(11(3)15(19-13)20-16)17-10-12-6-8-21(5-2)9-7-12/h12H,4-10,16H2,1-3H3,(H2,17,18,19,20). The molecule has 0 atom stereocenters. The second-order valence-corrected chi connectivity index (χ2v) is 5.72. The van der Waals surface area contributed by atoms with Crippen molar-refractivity contribution in [1.29, 1.82) is 0 Å². The Kier molecular flexibility index (Phi) is 5.76. The Bertz CT molecular complexity index is 454. The van der Waals surface area contributed by atoms with E-state index in [2.05, 4.69) is 39.5 Å². The predicted octanol–water partition coefficient (Wildman–Crippen LogP) is 1.78. The largest absolute Gasteiger partial charge is 0.369 e. The molecule has 0 aliphatic carbocycles. The fourth-order valence-corrected chi connectivity index (χ4v) is 2.78. The Hall–Kier alpha value is -1.40. The van der Waals surface area contributed by atoms with Crippen LogP contribution in [0, 0.1) is 12.8 Å². The summed E-state index contributed by atoms with van der Waals surface area (Å²) in [7, 11) is 0. The van der Waals surface area contributed by atoms with Crippen LogP contribution in [0.3, 0.4) is 0 Å². The quantitative estimate of drug-likeness (QED) is 0.548. The first-order valence-electron chi connectivity index (χ1n) is 7.98. The lowest BCUT2D eigenvalue weighted by Gasteiger charge is -2.31. The van der Waals surface area contributed by atoms with Gasteiger partial charge in [0.15, 0.2) is 0 Å². The number of aromatic nitrogens is 2. The second-order valence-electron chi connectivity index (χ2n) is 5.72. The zero-order valence-corrected chi connectivity index (χ0v) is 13.4. The van der Waals surface area contributed by atoms with Crippen molar-refractivity contribution < 1.29 is 0 Å². The minimum atomic E-state index is 0.713. The van der Waals surface area contributed by atoms with Crippen molar-refractivity contribution in [1.82, 2.24) is 14.9 Å². The van der Waals surface area contributed by atoms with Crippen LogP contribution < -0.4 is 16.6 Å². The molecular formula is C15H28N6. The summed E-state index contributed by atoms with van der Waals surface area (Å²) in [4.78, 5) is 11.5. The topological polar surface area (TPSA) is 79.1 Å². The molecule has 1 aliphatic heterocycles. The average molecular weight is 292 g/mol. The maximum atomic E-state index is 5.54. The van der Waals surface area contributed by atoms with Gasteiger partial charge in [-0.05, 0) is 45.3 Å². The molecule has 1 aromatic rings. The molecule has 0 bridgehead atoms. The molecule has 2 heterocycles. The van der Waals surface area contributed by atoms with E-state index < -0.39 is 0 Å².